The number of hydrogen-bond donors (Lipinski definition) is 2. The predicted molar refractivity (Wildman–Crippen MR) is 68.2 cm³/mol. The fourth-order valence-electron chi connectivity index (χ4n) is 1.81. The van der Waals surface area contributed by atoms with Crippen molar-refractivity contribution in [2.75, 3.05) is 0 Å². The fourth-order valence-corrected chi connectivity index (χ4v) is 1.81. The second kappa shape index (κ2) is 4.98. The van der Waals surface area contributed by atoms with Crippen molar-refractivity contribution in [1.29, 1.82) is 0 Å². The van der Waals surface area contributed by atoms with E-state index in [0.29, 0.717) is 12.1 Å². The number of halogens is 1. The van der Waals surface area contributed by atoms with Gasteiger partial charge in [-0.25, -0.2) is 4.39 Å². The molecule has 3 nitrogen and oxygen atoms in total. The van der Waals surface area contributed by atoms with E-state index in [9.17, 15) is 9.18 Å². The lowest BCUT2D eigenvalue weighted by Gasteiger charge is -2.09. The smallest absolute Gasteiger partial charge is 0.248 e. The van der Waals surface area contributed by atoms with Crippen LogP contribution < -0.4 is 11.5 Å². The van der Waals surface area contributed by atoms with Crippen molar-refractivity contribution in [3.05, 3.63) is 59.4 Å². The van der Waals surface area contributed by atoms with Gasteiger partial charge in [-0.3, -0.25) is 4.79 Å². The van der Waals surface area contributed by atoms with E-state index in [1.54, 1.807) is 30.3 Å². The van der Waals surface area contributed by atoms with Gasteiger partial charge >= 0.3 is 0 Å². The van der Waals surface area contributed by atoms with Gasteiger partial charge in [-0.05, 0) is 41.0 Å². The van der Waals surface area contributed by atoms with E-state index in [1.165, 1.54) is 12.1 Å². The summed E-state index contributed by atoms with van der Waals surface area (Å²) in [6, 6.07) is 11.1. The van der Waals surface area contributed by atoms with Crippen LogP contribution in [0, 0.1) is 5.82 Å². The van der Waals surface area contributed by atoms with Crippen LogP contribution in [0.3, 0.4) is 0 Å². The topological polar surface area (TPSA) is 69.1 Å². The highest BCUT2D eigenvalue weighted by molar-refractivity contribution is 5.94. The van der Waals surface area contributed by atoms with Crippen molar-refractivity contribution in [2.45, 2.75) is 6.54 Å². The summed E-state index contributed by atoms with van der Waals surface area (Å²) in [5.74, 6) is -0.805. The molecule has 0 saturated heterocycles. The summed E-state index contributed by atoms with van der Waals surface area (Å²) in [5, 5.41) is 0. The second-order valence-electron chi connectivity index (χ2n) is 3.95. The Morgan fingerprint density at radius 3 is 2.33 bits per heavy atom. The van der Waals surface area contributed by atoms with Gasteiger partial charge < -0.3 is 11.5 Å². The average Bonchev–Trinajstić information content (AvgIpc) is 2.39. The van der Waals surface area contributed by atoms with Crippen LogP contribution in [0.25, 0.3) is 11.1 Å². The van der Waals surface area contributed by atoms with Crippen molar-refractivity contribution >= 4 is 5.91 Å². The highest BCUT2D eigenvalue weighted by Crippen LogP contribution is 2.25. The Morgan fingerprint density at radius 2 is 1.78 bits per heavy atom. The van der Waals surface area contributed by atoms with Gasteiger partial charge in [0.2, 0.25) is 5.91 Å². The van der Waals surface area contributed by atoms with E-state index < -0.39 is 5.91 Å². The second-order valence-corrected chi connectivity index (χ2v) is 3.95. The van der Waals surface area contributed by atoms with Crippen molar-refractivity contribution in [2.24, 2.45) is 11.5 Å². The van der Waals surface area contributed by atoms with Crippen LogP contribution in [-0.4, -0.2) is 5.91 Å². The van der Waals surface area contributed by atoms with E-state index in [1.807, 2.05) is 0 Å². The minimum absolute atomic E-state index is 0.306. The van der Waals surface area contributed by atoms with Crippen LogP contribution in [0.5, 0.6) is 0 Å². The molecule has 0 bridgehead atoms. The van der Waals surface area contributed by atoms with Crippen molar-refractivity contribution in [3.8, 4) is 11.1 Å². The molecule has 0 spiro atoms. The molecule has 4 N–H and O–H groups in total. The average molecular weight is 244 g/mol. The molecule has 1 amide bonds. The minimum atomic E-state index is -0.498. The number of primary amides is 1. The standard InChI is InChI=1S/C14H13FN2O/c15-12-5-3-9(4-6-12)13-7-10(14(17)18)1-2-11(13)8-16/h1-7H,8,16H2,(H2,17,18). The van der Waals surface area contributed by atoms with E-state index in [-0.39, 0.29) is 5.82 Å². The summed E-state index contributed by atoms with van der Waals surface area (Å²) in [7, 11) is 0. The van der Waals surface area contributed by atoms with E-state index in [2.05, 4.69) is 0 Å². The van der Waals surface area contributed by atoms with Crippen LogP contribution in [0.15, 0.2) is 42.5 Å². The zero-order valence-corrected chi connectivity index (χ0v) is 9.69. The summed E-state index contributed by atoms with van der Waals surface area (Å²) < 4.78 is 12.9. The normalized spacial score (nSPS) is 10.3. The van der Waals surface area contributed by atoms with Crippen LogP contribution >= 0.6 is 0 Å². The first-order chi connectivity index (χ1) is 8.61. The Balaban J connectivity index is 2.56. The molecule has 0 unspecified atom stereocenters. The number of benzene rings is 2. The predicted octanol–water partition coefficient (Wildman–Crippen LogP) is 2.05. The van der Waals surface area contributed by atoms with Crippen molar-refractivity contribution in [1.82, 2.24) is 0 Å². The summed E-state index contributed by atoms with van der Waals surface area (Å²) in [6.07, 6.45) is 0. The summed E-state index contributed by atoms with van der Waals surface area (Å²) in [4.78, 5) is 11.2. The molecule has 0 heterocycles. The number of hydrogen-bond acceptors (Lipinski definition) is 2. The number of carbonyl (C=O) groups is 1. The molecular formula is C14H13FN2O. The molecule has 2 aromatic carbocycles. The van der Waals surface area contributed by atoms with Gasteiger partial charge in [-0.1, -0.05) is 18.2 Å². The zero-order valence-electron chi connectivity index (χ0n) is 9.69. The van der Waals surface area contributed by atoms with Crippen LogP contribution in [0.2, 0.25) is 0 Å². The fraction of sp³-hybridized carbons (Fsp3) is 0.0714. The third kappa shape index (κ3) is 2.38. The Kier molecular flexibility index (Phi) is 3.39. The number of amides is 1. The maximum absolute atomic E-state index is 12.9. The first-order valence-corrected chi connectivity index (χ1v) is 5.50. The number of carbonyl (C=O) groups excluding carboxylic acids is 1. The maximum Gasteiger partial charge on any atom is 0.248 e. The molecule has 0 aliphatic heterocycles. The molecule has 2 rings (SSSR count). The molecule has 0 aliphatic carbocycles. The van der Waals surface area contributed by atoms with Crippen LogP contribution in [0.4, 0.5) is 4.39 Å². The molecular weight excluding hydrogens is 231 g/mol. The highest BCUT2D eigenvalue weighted by Gasteiger charge is 2.08. The van der Waals surface area contributed by atoms with Gasteiger partial charge in [0.1, 0.15) is 5.82 Å². The lowest BCUT2D eigenvalue weighted by molar-refractivity contribution is 0.100. The third-order valence-corrected chi connectivity index (χ3v) is 2.77. The highest BCUT2D eigenvalue weighted by atomic mass is 19.1. The minimum Gasteiger partial charge on any atom is -0.366 e. The Bertz CT molecular complexity index is 579. The van der Waals surface area contributed by atoms with Gasteiger partial charge in [-0.2, -0.15) is 0 Å². The lowest BCUT2D eigenvalue weighted by Crippen LogP contribution is -2.11. The Hall–Kier alpha value is -2.20. The number of rotatable bonds is 3. The quantitative estimate of drug-likeness (QED) is 0.867. The molecule has 0 fully saturated rings. The summed E-state index contributed by atoms with van der Waals surface area (Å²) in [5.41, 5.74) is 13.8. The Morgan fingerprint density at radius 1 is 1.11 bits per heavy atom. The zero-order chi connectivity index (χ0) is 13.1. The number of nitrogens with two attached hydrogens (primary N) is 2. The first-order valence-electron chi connectivity index (χ1n) is 5.50. The molecule has 92 valence electrons. The van der Waals surface area contributed by atoms with Gasteiger partial charge in [0.25, 0.3) is 0 Å². The largest absolute Gasteiger partial charge is 0.366 e. The molecule has 0 radical (unpaired) electrons. The van der Waals surface area contributed by atoms with Crippen molar-refractivity contribution in [3.63, 3.8) is 0 Å². The molecule has 2 aromatic rings. The third-order valence-electron chi connectivity index (χ3n) is 2.77. The van der Waals surface area contributed by atoms with E-state index >= 15 is 0 Å². The lowest BCUT2D eigenvalue weighted by atomic mass is 9.97. The molecule has 0 atom stereocenters. The monoisotopic (exact) mass is 244 g/mol. The Labute approximate surface area is 104 Å². The molecule has 18 heavy (non-hydrogen) atoms. The van der Waals surface area contributed by atoms with Gasteiger partial charge in [-0.15, -0.1) is 0 Å². The molecule has 0 aliphatic rings. The van der Waals surface area contributed by atoms with Gasteiger partial charge in [0.15, 0.2) is 0 Å². The molecule has 4 heteroatoms. The summed E-state index contributed by atoms with van der Waals surface area (Å²) >= 11 is 0. The van der Waals surface area contributed by atoms with Crippen molar-refractivity contribution < 1.29 is 9.18 Å². The van der Waals surface area contributed by atoms with Gasteiger partial charge in [0.05, 0.1) is 0 Å². The summed E-state index contributed by atoms with van der Waals surface area (Å²) in [6.45, 7) is 0.339. The SMILES string of the molecule is NCc1ccc(C(N)=O)cc1-c1ccc(F)cc1. The maximum atomic E-state index is 12.9. The first kappa shape index (κ1) is 12.3. The van der Waals surface area contributed by atoms with Gasteiger partial charge in [0, 0.05) is 12.1 Å². The van der Waals surface area contributed by atoms with E-state index in [4.69, 9.17) is 11.5 Å². The van der Waals surface area contributed by atoms with E-state index in [0.717, 1.165) is 16.7 Å². The van der Waals surface area contributed by atoms with Crippen LogP contribution in [0.1, 0.15) is 15.9 Å². The van der Waals surface area contributed by atoms with Crippen LogP contribution in [-0.2, 0) is 6.54 Å². The molecule has 0 aromatic heterocycles. The molecule has 0 saturated carbocycles.